The molecule has 0 aromatic rings. The van der Waals surface area contributed by atoms with Crippen molar-refractivity contribution >= 4 is 5.97 Å². The molecule has 4 heteroatoms. The summed E-state index contributed by atoms with van der Waals surface area (Å²) in [6.45, 7) is 12.8. The molecule has 0 bridgehead atoms. The van der Waals surface area contributed by atoms with Crippen molar-refractivity contribution in [3.8, 4) is 0 Å². The molecule has 114 valence electrons. The molecule has 0 aliphatic rings. The molecule has 19 heavy (non-hydrogen) atoms. The summed E-state index contributed by atoms with van der Waals surface area (Å²) in [4.78, 5) is 11.6. The third kappa shape index (κ3) is 5.11. The van der Waals surface area contributed by atoms with Crippen LogP contribution in [-0.4, -0.2) is 34.5 Å². The molecule has 0 rings (SSSR count). The molecule has 0 aromatic heterocycles. The first-order valence-electron chi connectivity index (χ1n) is 6.90. The average molecular weight is 274 g/mol. The minimum Gasteiger partial charge on any atom is -0.462 e. The molecule has 0 aromatic carbocycles. The molecule has 0 saturated heterocycles. The van der Waals surface area contributed by atoms with Gasteiger partial charge in [-0.1, -0.05) is 34.6 Å². The maximum absolute atomic E-state index is 11.6. The third-order valence-electron chi connectivity index (χ3n) is 4.11. The van der Waals surface area contributed by atoms with E-state index >= 15 is 0 Å². The Hall–Kier alpha value is -0.610. The number of carbonyl (C=O) groups is 1. The van der Waals surface area contributed by atoms with Crippen LogP contribution < -0.4 is 0 Å². The van der Waals surface area contributed by atoms with Crippen molar-refractivity contribution in [3.05, 3.63) is 0 Å². The van der Waals surface area contributed by atoms with Crippen LogP contribution in [0.15, 0.2) is 0 Å². The Kier molecular flexibility index (Phi) is 6.03. The summed E-state index contributed by atoms with van der Waals surface area (Å²) in [5.41, 5.74) is -1.96. The highest BCUT2D eigenvalue weighted by Crippen LogP contribution is 2.40. The van der Waals surface area contributed by atoms with E-state index in [9.17, 15) is 15.0 Å². The summed E-state index contributed by atoms with van der Waals surface area (Å²) in [7, 11) is 0. The minimum atomic E-state index is -0.989. The van der Waals surface area contributed by atoms with Crippen LogP contribution in [0.5, 0.6) is 0 Å². The summed E-state index contributed by atoms with van der Waals surface area (Å²) in [6.07, 6.45) is 0.367. The molecule has 0 radical (unpaired) electrons. The van der Waals surface area contributed by atoms with Gasteiger partial charge in [-0.3, -0.25) is 4.79 Å². The molecule has 0 saturated carbocycles. The van der Waals surface area contributed by atoms with E-state index in [2.05, 4.69) is 0 Å². The van der Waals surface area contributed by atoms with Crippen molar-refractivity contribution in [1.82, 2.24) is 0 Å². The number of carbonyl (C=O) groups excluding carboxylic acids is 1. The molecular formula is C15H30O4. The number of aliphatic hydroxyl groups is 2. The largest absolute Gasteiger partial charge is 0.462 e. The van der Waals surface area contributed by atoms with Gasteiger partial charge in [0.1, 0.15) is 6.10 Å². The molecule has 2 N–H and O–H groups in total. The maximum Gasteiger partial charge on any atom is 0.305 e. The molecule has 0 amide bonds. The summed E-state index contributed by atoms with van der Waals surface area (Å²) in [6, 6.07) is 0. The Balaban J connectivity index is 5.23. The normalized spacial score (nSPS) is 15.2. The highest BCUT2D eigenvalue weighted by molar-refractivity contribution is 5.69. The van der Waals surface area contributed by atoms with Crippen LogP contribution in [0, 0.1) is 10.8 Å². The molecule has 0 spiro atoms. The number of hydrogen-bond acceptors (Lipinski definition) is 4. The van der Waals surface area contributed by atoms with Crippen molar-refractivity contribution in [2.45, 2.75) is 73.0 Å². The zero-order valence-corrected chi connectivity index (χ0v) is 13.4. The fraction of sp³-hybridized carbons (Fsp3) is 0.933. The smallest absolute Gasteiger partial charge is 0.305 e. The number of ether oxygens (including phenoxy) is 1. The van der Waals surface area contributed by atoms with E-state index in [4.69, 9.17) is 4.74 Å². The third-order valence-corrected chi connectivity index (χ3v) is 4.11. The highest BCUT2D eigenvalue weighted by atomic mass is 16.5. The number of hydrogen-bond donors (Lipinski definition) is 2. The van der Waals surface area contributed by atoms with Gasteiger partial charge in [0.15, 0.2) is 0 Å². The summed E-state index contributed by atoms with van der Waals surface area (Å²) < 4.78 is 5.52. The van der Waals surface area contributed by atoms with Gasteiger partial charge in [-0.05, 0) is 25.7 Å². The SMILES string of the molecule is CCC(=O)OC(CC(C)(C)CO)C(C)(C)C(C)(C)O. The van der Waals surface area contributed by atoms with Gasteiger partial charge in [0.05, 0.1) is 5.60 Å². The van der Waals surface area contributed by atoms with Gasteiger partial charge in [0.25, 0.3) is 0 Å². The lowest BCUT2D eigenvalue weighted by Gasteiger charge is -2.45. The molecule has 0 fully saturated rings. The zero-order chi connectivity index (χ0) is 15.5. The Labute approximate surface area is 117 Å². The zero-order valence-electron chi connectivity index (χ0n) is 13.4. The van der Waals surface area contributed by atoms with Crippen LogP contribution in [0.25, 0.3) is 0 Å². The maximum atomic E-state index is 11.6. The second-order valence-corrected chi connectivity index (χ2v) is 7.14. The van der Waals surface area contributed by atoms with E-state index in [0.717, 1.165) is 0 Å². The molecule has 1 atom stereocenters. The molecule has 1 unspecified atom stereocenters. The average Bonchev–Trinajstić information content (AvgIpc) is 2.26. The van der Waals surface area contributed by atoms with Crippen molar-refractivity contribution in [3.63, 3.8) is 0 Å². The Morgan fingerprint density at radius 1 is 1.16 bits per heavy atom. The van der Waals surface area contributed by atoms with E-state index in [1.807, 2.05) is 27.7 Å². The highest BCUT2D eigenvalue weighted by Gasteiger charge is 2.45. The monoisotopic (exact) mass is 274 g/mol. The lowest BCUT2D eigenvalue weighted by molar-refractivity contribution is -0.173. The lowest BCUT2D eigenvalue weighted by Crippen LogP contribution is -2.50. The van der Waals surface area contributed by atoms with Gasteiger partial charge in [-0.25, -0.2) is 0 Å². The predicted octanol–water partition coefficient (Wildman–Crippen LogP) is 2.51. The molecule has 4 nitrogen and oxygen atoms in total. The van der Waals surface area contributed by atoms with Crippen LogP contribution in [0.2, 0.25) is 0 Å². The second kappa shape index (κ2) is 6.23. The number of aliphatic hydroxyl groups excluding tert-OH is 1. The Morgan fingerprint density at radius 2 is 1.63 bits per heavy atom. The minimum absolute atomic E-state index is 0.00904. The fourth-order valence-corrected chi connectivity index (χ4v) is 1.65. The van der Waals surface area contributed by atoms with Crippen molar-refractivity contribution in [2.24, 2.45) is 10.8 Å². The first-order chi connectivity index (χ1) is 8.37. The topological polar surface area (TPSA) is 66.8 Å². The van der Waals surface area contributed by atoms with Gasteiger partial charge < -0.3 is 14.9 Å². The van der Waals surface area contributed by atoms with Crippen LogP contribution in [0.1, 0.15) is 61.3 Å². The quantitative estimate of drug-likeness (QED) is 0.700. The van der Waals surface area contributed by atoms with Crippen molar-refractivity contribution in [2.75, 3.05) is 6.61 Å². The molecular weight excluding hydrogens is 244 g/mol. The van der Waals surface area contributed by atoms with Crippen LogP contribution >= 0.6 is 0 Å². The second-order valence-electron chi connectivity index (χ2n) is 7.14. The predicted molar refractivity (Wildman–Crippen MR) is 75.7 cm³/mol. The number of rotatable bonds is 7. The first-order valence-corrected chi connectivity index (χ1v) is 6.90. The fourth-order valence-electron chi connectivity index (χ4n) is 1.65. The Bertz CT molecular complexity index is 300. The van der Waals surface area contributed by atoms with Crippen LogP contribution in [0.4, 0.5) is 0 Å². The summed E-state index contributed by atoms with van der Waals surface area (Å²) in [5.74, 6) is -0.281. The standard InChI is InChI=1S/C15H30O4/c1-8-12(17)19-11(9-13(2,3)10-16)14(4,5)15(6,7)18/h11,16,18H,8-10H2,1-7H3. The van der Waals surface area contributed by atoms with E-state index < -0.39 is 17.1 Å². The van der Waals surface area contributed by atoms with Gasteiger partial charge >= 0.3 is 5.97 Å². The van der Waals surface area contributed by atoms with Gasteiger partial charge in [-0.2, -0.15) is 0 Å². The molecule has 0 aliphatic heterocycles. The van der Waals surface area contributed by atoms with E-state index in [0.29, 0.717) is 12.8 Å². The van der Waals surface area contributed by atoms with E-state index in [-0.39, 0.29) is 18.0 Å². The van der Waals surface area contributed by atoms with Gasteiger partial charge in [-0.15, -0.1) is 0 Å². The van der Waals surface area contributed by atoms with Crippen LogP contribution in [-0.2, 0) is 9.53 Å². The Morgan fingerprint density at radius 3 is 1.95 bits per heavy atom. The number of esters is 1. The molecule has 0 aliphatic carbocycles. The van der Waals surface area contributed by atoms with Crippen molar-refractivity contribution < 1.29 is 19.7 Å². The van der Waals surface area contributed by atoms with E-state index in [1.165, 1.54) is 0 Å². The summed E-state index contributed by atoms with van der Waals surface area (Å²) >= 11 is 0. The summed E-state index contributed by atoms with van der Waals surface area (Å²) in [5, 5.41) is 19.7. The van der Waals surface area contributed by atoms with Gasteiger partial charge in [0.2, 0.25) is 0 Å². The van der Waals surface area contributed by atoms with Crippen molar-refractivity contribution in [1.29, 1.82) is 0 Å². The van der Waals surface area contributed by atoms with Gasteiger partial charge in [0, 0.05) is 18.4 Å². The molecule has 0 heterocycles. The first kappa shape index (κ1) is 18.4. The van der Waals surface area contributed by atoms with Crippen LogP contribution in [0.3, 0.4) is 0 Å². The lowest BCUT2D eigenvalue weighted by atomic mass is 9.68. The van der Waals surface area contributed by atoms with E-state index in [1.54, 1.807) is 20.8 Å².